The molecule has 0 aromatic carbocycles. The van der Waals surface area contributed by atoms with Crippen LogP contribution in [0.2, 0.25) is 0 Å². The summed E-state index contributed by atoms with van der Waals surface area (Å²) in [4.78, 5) is 6.76. The van der Waals surface area contributed by atoms with Crippen LogP contribution < -0.4 is 5.73 Å². The maximum atomic E-state index is 5.96. The van der Waals surface area contributed by atoms with E-state index in [-0.39, 0.29) is 11.6 Å². The smallest absolute Gasteiger partial charge is 0.122 e. The van der Waals surface area contributed by atoms with Crippen molar-refractivity contribution in [1.29, 1.82) is 0 Å². The minimum atomic E-state index is -0.133. The third-order valence-corrected chi connectivity index (χ3v) is 4.11. The van der Waals surface area contributed by atoms with E-state index in [0.717, 1.165) is 25.5 Å². The van der Waals surface area contributed by atoms with Crippen molar-refractivity contribution in [3.05, 3.63) is 18.2 Å². The number of nitrogens with two attached hydrogens (primary N) is 1. The summed E-state index contributed by atoms with van der Waals surface area (Å²) in [7, 11) is 1.74. The van der Waals surface area contributed by atoms with Crippen LogP contribution in [0.3, 0.4) is 0 Å². The third-order valence-electron chi connectivity index (χ3n) is 4.11. The number of fused-ring (bicyclic) bond motifs is 1. The summed E-state index contributed by atoms with van der Waals surface area (Å²) >= 11 is 0. The largest absolute Gasteiger partial charge is 0.380 e. The lowest BCUT2D eigenvalue weighted by molar-refractivity contribution is -0.0433. The standard InChI is InChI=1S/C12H22N4O/c1-10(17-3)12(2,9-13)16-7-6-15-5-4-14-11(15)8-16/h4-5,10H,6-9,13H2,1-3H3. The van der Waals surface area contributed by atoms with Crippen molar-refractivity contribution in [2.75, 3.05) is 20.2 Å². The summed E-state index contributed by atoms with van der Waals surface area (Å²) in [6.07, 6.45) is 4.00. The molecule has 0 amide bonds. The SMILES string of the molecule is COC(C)C(C)(CN)N1CCn2ccnc2C1. The monoisotopic (exact) mass is 238 g/mol. The first-order valence-electron chi connectivity index (χ1n) is 6.09. The molecule has 2 heterocycles. The van der Waals surface area contributed by atoms with Crippen LogP contribution in [0, 0.1) is 0 Å². The van der Waals surface area contributed by atoms with Gasteiger partial charge in [-0.2, -0.15) is 0 Å². The molecule has 2 rings (SSSR count). The number of methoxy groups -OCH3 is 1. The number of nitrogens with zero attached hydrogens (tertiary/aromatic N) is 3. The predicted molar refractivity (Wildman–Crippen MR) is 66.6 cm³/mol. The highest BCUT2D eigenvalue weighted by Crippen LogP contribution is 2.25. The first-order chi connectivity index (χ1) is 8.11. The second-order valence-electron chi connectivity index (χ2n) is 4.90. The van der Waals surface area contributed by atoms with Gasteiger partial charge in [0.1, 0.15) is 5.82 Å². The molecule has 0 spiro atoms. The van der Waals surface area contributed by atoms with E-state index in [9.17, 15) is 0 Å². The average Bonchev–Trinajstić information content (AvgIpc) is 2.83. The highest BCUT2D eigenvalue weighted by Gasteiger charge is 2.38. The summed E-state index contributed by atoms with van der Waals surface area (Å²) in [5.41, 5.74) is 5.83. The van der Waals surface area contributed by atoms with Crippen molar-refractivity contribution in [1.82, 2.24) is 14.5 Å². The molecule has 0 aliphatic carbocycles. The van der Waals surface area contributed by atoms with Gasteiger partial charge in [0.05, 0.1) is 18.2 Å². The Kier molecular flexibility index (Phi) is 3.51. The summed E-state index contributed by atoms with van der Waals surface area (Å²) in [5.74, 6) is 1.11. The summed E-state index contributed by atoms with van der Waals surface area (Å²) < 4.78 is 7.68. The summed E-state index contributed by atoms with van der Waals surface area (Å²) in [6, 6.07) is 0. The Morgan fingerprint density at radius 2 is 2.35 bits per heavy atom. The number of imidazole rings is 1. The number of hydrogen-bond acceptors (Lipinski definition) is 4. The van der Waals surface area contributed by atoms with Gasteiger partial charge in [-0.1, -0.05) is 0 Å². The van der Waals surface area contributed by atoms with Gasteiger partial charge < -0.3 is 15.0 Å². The van der Waals surface area contributed by atoms with Crippen molar-refractivity contribution in [3.8, 4) is 0 Å². The van der Waals surface area contributed by atoms with Crippen LogP contribution in [0.25, 0.3) is 0 Å². The molecule has 0 radical (unpaired) electrons. The fourth-order valence-electron chi connectivity index (χ4n) is 2.42. The van der Waals surface area contributed by atoms with E-state index in [1.54, 1.807) is 7.11 Å². The Balaban J connectivity index is 2.18. The van der Waals surface area contributed by atoms with Gasteiger partial charge in [0.2, 0.25) is 0 Å². The lowest BCUT2D eigenvalue weighted by atomic mass is 9.92. The van der Waals surface area contributed by atoms with E-state index in [1.165, 1.54) is 0 Å². The molecule has 1 aliphatic heterocycles. The average molecular weight is 238 g/mol. The van der Waals surface area contributed by atoms with Crippen molar-refractivity contribution < 1.29 is 4.74 Å². The van der Waals surface area contributed by atoms with Crippen LogP contribution in [0.5, 0.6) is 0 Å². The Hall–Kier alpha value is -0.910. The first kappa shape index (κ1) is 12.5. The maximum absolute atomic E-state index is 5.96. The van der Waals surface area contributed by atoms with Crippen LogP contribution in [0.1, 0.15) is 19.7 Å². The fraction of sp³-hybridized carbons (Fsp3) is 0.750. The van der Waals surface area contributed by atoms with Crippen LogP contribution in [-0.4, -0.2) is 46.3 Å². The van der Waals surface area contributed by atoms with Gasteiger partial charge in [0.15, 0.2) is 0 Å². The van der Waals surface area contributed by atoms with Gasteiger partial charge in [-0.25, -0.2) is 4.98 Å². The molecule has 2 atom stereocenters. The topological polar surface area (TPSA) is 56.3 Å². The highest BCUT2D eigenvalue weighted by molar-refractivity contribution is 5.01. The molecule has 5 nitrogen and oxygen atoms in total. The van der Waals surface area contributed by atoms with E-state index >= 15 is 0 Å². The Morgan fingerprint density at radius 3 is 3.00 bits per heavy atom. The summed E-state index contributed by atoms with van der Waals surface area (Å²) in [6.45, 7) is 7.64. The minimum Gasteiger partial charge on any atom is -0.380 e. The molecule has 1 aliphatic rings. The first-order valence-corrected chi connectivity index (χ1v) is 6.09. The third kappa shape index (κ3) is 2.10. The molecule has 1 aromatic heterocycles. The molecule has 0 saturated carbocycles. The van der Waals surface area contributed by atoms with Gasteiger partial charge >= 0.3 is 0 Å². The van der Waals surface area contributed by atoms with E-state index in [4.69, 9.17) is 10.5 Å². The van der Waals surface area contributed by atoms with Gasteiger partial charge in [-0.3, -0.25) is 4.90 Å². The van der Waals surface area contributed by atoms with Crippen LogP contribution in [0.4, 0.5) is 0 Å². The van der Waals surface area contributed by atoms with Crippen molar-refractivity contribution in [2.24, 2.45) is 5.73 Å². The Morgan fingerprint density at radius 1 is 1.59 bits per heavy atom. The molecule has 0 fully saturated rings. The van der Waals surface area contributed by atoms with E-state index in [0.29, 0.717) is 6.54 Å². The van der Waals surface area contributed by atoms with Crippen LogP contribution in [-0.2, 0) is 17.8 Å². The van der Waals surface area contributed by atoms with E-state index in [2.05, 4.69) is 28.3 Å². The lowest BCUT2D eigenvalue weighted by Gasteiger charge is -2.45. The van der Waals surface area contributed by atoms with E-state index in [1.807, 2.05) is 12.4 Å². The molecular formula is C12H22N4O. The van der Waals surface area contributed by atoms with Crippen LogP contribution in [0.15, 0.2) is 12.4 Å². The van der Waals surface area contributed by atoms with Crippen LogP contribution >= 0.6 is 0 Å². The zero-order valence-corrected chi connectivity index (χ0v) is 10.9. The lowest BCUT2D eigenvalue weighted by Crippen LogP contribution is -2.60. The fourth-order valence-corrected chi connectivity index (χ4v) is 2.42. The number of ether oxygens (including phenoxy) is 1. The molecule has 0 bridgehead atoms. The molecule has 2 N–H and O–H groups in total. The molecule has 5 heteroatoms. The minimum absolute atomic E-state index is 0.106. The zero-order valence-electron chi connectivity index (χ0n) is 10.9. The normalized spacial score (nSPS) is 21.9. The molecule has 2 unspecified atom stereocenters. The predicted octanol–water partition coefficient (Wildman–Crippen LogP) is 0.451. The van der Waals surface area contributed by atoms with Gasteiger partial charge in [0.25, 0.3) is 0 Å². The van der Waals surface area contributed by atoms with Gasteiger partial charge in [0, 0.05) is 39.1 Å². The molecule has 17 heavy (non-hydrogen) atoms. The van der Waals surface area contributed by atoms with Gasteiger partial charge in [-0.15, -0.1) is 0 Å². The number of hydrogen-bond donors (Lipinski definition) is 1. The highest BCUT2D eigenvalue weighted by atomic mass is 16.5. The molecular weight excluding hydrogens is 216 g/mol. The number of aromatic nitrogens is 2. The summed E-state index contributed by atoms with van der Waals surface area (Å²) in [5, 5.41) is 0. The Labute approximate surface area is 103 Å². The second-order valence-corrected chi connectivity index (χ2v) is 4.90. The molecule has 96 valence electrons. The van der Waals surface area contributed by atoms with E-state index < -0.39 is 0 Å². The van der Waals surface area contributed by atoms with Crippen molar-refractivity contribution in [3.63, 3.8) is 0 Å². The van der Waals surface area contributed by atoms with Gasteiger partial charge in [-0.05, 0) is 13.8 Å². The molecule has 0 saturated heterocycles. The quantitative estimate of drug-likeness (QED) is 0.827. The zero-order chi connectivity index (χ0) is 12.5. The molecule has 1 aromatic rings. The number of rotatable bonds is 4. The second kappa shape index (κ2) is 4.76. The Bertz CT molecular complexity index is 378. The van der Waals surface area contributed by atoms with Crippen molar-refractivity contribution >= 4 is 0 Å². The maximum Gasteiger partial charge on any atom is 0.122 e. The van der Waals surface area contributed by atoms with Crippen molar-refractivity contribution in [2.45, 2.75) is 38.6 Å².